The van der Waals surface area contributed by atoms with E-state index in [1.165, 1.54) is 0 Å². The van der Waals surface area contributed by atoms with Crippen LogP contribution in [-0.2, 0) is 0 Å². The first-order valence-electron chi connectivity index (χ1n) is 5.82. The van der Waals surface area contributed by atoms with E-state index in [0.29, 0.717) is 18.0 Å². The fourth-order valence-corrected chi connectivity index (χ4v) is 1.69. The van der Waals surface area contributed by atoms with Crippen molar-refractivity contribution in [1.82, 2.24) is 0 Å². The van der Waals surface area contributed by atoms with Crippen molar-refractivity contribution in [3.05, 3.63) is 29.3 Å². The van der Waals surface area contributed by atoms with Gasteiger partial charge in [-0.1, -0.05) is 19.9 Å². The average molecular weight is 235 g/mol. The van der Waals surface area contributed by atoms with Crippen LogP contribution >= 0.6 is 0 Å². The van der Waals surface area contributed by atoms with Crippen LogP contribution < -0.4 is 16.8 Å². The molecule has 0 radical (unpaired) electrons. The normalized spacial score (nSPS) is 12.5. The van der Waals surface area contributed by atoms with Crippen molar-refractivity contribution in [2.75, 3.05) is 11.9 Å². The Bertz CT molecular complexity index is 402. The van der Waals surface area contributed by atoms with Gasteiger partial charge in [0, 0.05) is 18.3 Å². The third-order valence-electron chi connectivity index (χ3n) is 2.84. The molecule has 0 aromatic heterocycles. The van der Waals surface area contributed by atoms with Crippen molar-refractivity contribution in [1.29, 1.82) is 0 Å². The maximum atomic E-state index is 11.3. The summed E-state index contributed by atoms with van der Waals surface area (Å²) in [4.78, 5) is 11.3. The van der Waals surface area contributed by atoms with Crippen molar-refractivity contribution in [2.45, 2.75) is 26.8 Å². The molecule has 0 saturated heterocycles. The Hall–Kier alpha value is -1.55. The number of carbonyl (C=O) groups is 1. The van der Waals surface area contributed by atoms with Gasteiger partial charge < -0.3 is 16.8 Å². The minimum Gasteiger partial charge on any atom is -0.380 e. The summed E-state index contributed by atoms with van der Waals surface area (Å²) in [5, 5.41) is 3.29. The Morgan fingerprint density at radius 1 is 1.41 bits per heavy atom. The van der Waals surface area contributed by atoms with E-state index in [1.807, 2.05) is 19.1 Å². The molecule has 94 valence electrons. The molecule has 17 heavy (non-hydrogen) atoms. The molecule has 0 aliphatic carbocycles. The topological polar surface area (TPSA) is 81.1 Å². The lowest BCUT2D eigenvalue weighted by Gasteiger charge is -2.23. The van der Waals surface area contributed by atoms with Crippen LogP contribution in [0.4, 0.5) is 5.69 Å². The molecular formula is C13H21N3O. The summed E-state index contributed by atoms with van der Waals surface area (Å²) in [6.45, 7) is 6.67. The zero-order chi connectivity index (χ0) is 13.0. The first kappa shape index (κ1) is 13.5. The monoisotopic (exact) mass is 235 g/mol. The second-order valence-corrected chi connectivity index (χ2v) is 4.64. The molecule has 0 fully saturated rings. The van der Waals surface area contributed by atoms with Gasteiger partial charge in [0.2, 0.25) is 0 Å². The van der Waals surface area contributed by atoms with Crippen molar-refractivity contribution < 1.29 is 4.79 Å². The number of aryl methyl sites for hydroxylation is 1. The second kappa shape index (κ2) is 5.68. The molecule has 0 aliphatic rings. The Morgan fingerprint density at radius 2 is 2.06 bits per heavy atom. The highest BCUT2D eigenvalue weighted by molar-refractivity contribution is 5.98. The van der Waals surface area contributed by atoms with Crippen molar-refractivity contribution in [2.24, 2.45) is 17.4 Å². The first-order valence-corrected chi connectivity index (χ1v) is 5.82. The van der Waals surface area contributed by atoms with E-state index in [4.69, 9.17) is 11.5 Å². The van der Waals surface area contributed by atoms with E-state index in [0.717, 1.165) is 11.3 Å². The number of rotatable bonds is 5. The first-order chi connectivity index (χ1) is 7.95. The lowest BCUT2D eigenvalue weighted by Crippen LogP contribution is -2.34. The Balaban J connectivity index is 3.03. The predicted molar refractivity (Wildman–Crippen MR) is 71.0 cm³/mol. The summed E-state index contributed by atoms with van der Waals surface area (Å²) in [5.41, 5.74) is 13.4. The van der Waals surface area contributed by atoms with Gasteiger partial charge in [-0.15, -0.1) is 0 Å². The fraction of sp³-hybridized carbons (Fsp3) is 0.462. The van der Waals surface area contributed by atoms with Crippen LogP contribution in [-0.4, -0.2) is 18.5 Å². The van der Waals surface area contributed by atoms with Crippen molar-refractivity contribution in [3.8, 4) is 0 Å². The van der Waals surface area contributed by atoms with E-state index in [2.05, 4.69) is 19.2 Å². The summed E-state index contributed by atoms with van der Waals surface area (Å²) in [7, 11) is 0. The summed E-state index contributed by atoms with van der Waals surface area (Å²) in [6, 6.07) is 5.67. The smallest absolute Gasteiger partial charge is 0.250 e. The molecule has 0 heterocycles. The number of benzene rings is 1. The third-order valence-corrected chi connectivity index (χ3v) is 2.84. The van der Waals surface area contributed by atoms with Crippen LogP contribution in [0.25, 0.3) is 0 Å². The summed E-state index contributed by atoms with van der Waals surface area (Å²) in [6.07, 6.45) is 0. The highest BCUT2D eigenvalue weighted by Crippen LogP contribution is 2.19. The van der Waals surface area contributed by atoms with Gasteiger partial charge in [-0.25, -0.2) is 0 Å². The molecule has 5 N–H and O–H groups in total. The van der Waals surface area contributed by atoms with Gasteiger partial charge >= 0.3 is 0 Å². The highest BCUT2D eigenvalue weighted by atomic mass is 16.1. The van der Waals surface area contributed by atoms with E-state index in [1.54, 1.807) is 6.07 Å². The lowest BCUT2D eigenvalue weighted by molar-refractivity contribution is 0.100. The van der Waals surface area contributed by atoms with E-state index in [-0.39, 0.29) is 6.04 Å². The Morgan fingerprint density at radius 3 is 2.53 bits per heavy atom. The molecule has 1 aromatic rings. The summed E-state index contributed by atoms with van der Waals surface area (Å²) >= 11 is 0. The van der Waals surface area contributed by atoms with E-state index < -0.39 is 5.91 Å². The summed E-state index contributed by atoms with van der Waals surface area (Å²) in [5.74, 6) is -0.0340. The number of primary amides is 1. The third kappa shape index (κ3) is 3.46. The molecule has 0 aliphatic heterocycles. The Labute approximate surface area is 102 Å². The zero-order valence-corrected chi connectivity index (χ0v) is 10.7. The molecule has 0 saturated carbocycles. The molecule has 4 nitrogen and oxygen atoms in total. The molecule has 1 atom stereocenters. The molecule has 0 spiro atoms. The largest absolute Gasteiger partial charge is 0.380 e. The minimum atomic E-state index is -0.424. The van der Waals surface area contributed by atoms with Gasteiger partial charge in [0.25, 0.3) is 5.91 Å². The van der Waals surface area contributed by atoms with Crippen LogP contribution in [0.2, 0.25) is 0 Å². The SMILES string of the molecule is Cc1ccc(C(N)=O)c(NC(CN)C(C)C)c1. The molecule has 0 bridgehead atoms. The van der Waals surface area contributed by atoms with Crippen LogP contribution in [0.15, 0.2) is 18.2 Å². The van der Waals surface area contributed by atoms with Crippen LogP contribution in [0.3, 0.4) is 0 Å². The predicted octanol–water partition coefficient (Wildman–Crippen LogP) is 1.49. The number of amides is 1. The minimum absolute atomic E-state index is 0.134. The van der Waals surface area contributed by atoms with Gasteiger partial charge in [-0.3, -0.25) is 4.79 Å². The second-order valence-electron chi connectivity index (χ2n) is 4.64. The quantitative estimate of drug-likeness (QED) is 0.723. The molecule has 1 amide bonds. The van der Waals surface area contributed by atoms with Gasteiger partial charge in [0.05, 0.1) is 5.56 Å². The molecule has 1 unspecified atom stereocenters. The average Bonchev–Trinajstić information content (AvgIpc) is 2.25. The lowest BCUT2D eigenvalue weighted by atomic mass is 10.0. The van der Waals surface area contributed by atoms with Gasteiger partial charge in [-0.05, 0) is 30.5 Å². The number of anilines is 1. The molecule has 1 rings (SSSR count). The molecule has 4 heteroatoms. The van der Waals surface area contributed by atoms with Crippen molar-refractivity contribution >= 4 is 11.6 Å². The maximum absolute atomic E-state index is 11.3. The number of nitrogens with two attached hydrogens (primary N) is 2. The zero-order valence-electron chi connectivity index (χ0n) is 10.7. The number of nitrogens with one attached hydrogen (secondary N) is 1. The highest BCUT2D eigenvalue weighted by Gasteiger charge is 2.15. The van der Waals surface area contributed by atoms with Crippen molar-refractivity contribution in [3.63, 3.8) is 0 Å². The number of carbonyl (C=O) groups excluding carboxylic acids is 1. The number of hydrogen-bond acceptors (Lipinski definition) is 3. The Kier molecular flexibility index (Phi) is 4.52. The molecular weight excluding hydrogens is 214 g/mol. The maximum Gasteiger partial charge on any atom is 0.250 e. The van der Waals surface area contributed by atoms with Gasteiger partial charge in [-0.2, -0.15) is 0 Å². The molecule has 1 aromatic carbocycles. The van der Waals surface area contributed by atoms with E-state index >= 15 is 0 Å². The van der Waals surface area contributed by atoms with Crippen LogP contribution in [0.1, 0.15) is 29.8 Å². The fourth-order valence-electron chi connectivity index (χ4n) is 1.69. The van der Waals surface area contributed by atoms with Gasteiger partial charge in [0.1, 0.15) is 0 Å². The standard InChI is InChI=1S/C13H21N3O/c1-8(2)12(7-14)16-11-6-9(3)4-5-10(11)13(15)17/h4-6,8,12,16H,7,14H2,1-3H3,(H2,15,17). The van der Waals surface area contributed by atoms with Gasteiger partial charge in [0.15, 0.2) is 0 Å². The van der Waals surface area contributed by atoms with Crippen LogP contribution in [0.5, 0.6) is 0 Å². The summed E-state index contributed by atoms with van der Waals surface area (Å²) < 4.78 is 0. The van der Waals surface area contributed by atoms with Crippen LogP contribution in [0, 0.1) is 12.8 Å². The van der Waals surface area contributed by atoms with E-state index in [9.17, 15) is 4.79 Å². The number of hydrogen-bond donors (Lipinski definition) is 3.